The van der Waals surface area contributed by atoms with Gasteiger partial charge in [0.15, 0.2) is 0 Å². The maximum atomic E-state index is 5.96. The Balaban J connectivity index is 1.62. The highest BCUT2D eigenvalue weighted by Gasteiger charge is 2.23. The molecule has 1 unspecified atom stereocenters. The van der Waals surface area contributed by atoms with E-state index in [2.05, 4.69) is 33.4 Å². The van der Waals surface area contributed by atoms with Crippen molar-refractivity contribution < 1.29 is 9.47 Å². The first-order chi connectivity index (χ1) is 10.3. The zero-order valence-electron chi connectivity index (χ0n) is 11.9. The lowest BCUT2D eigenvalue weighted by atomic mass is 10.1. The fourth-order valence-electron chi connectivity index (χ4n) is 2.55. The highest BCUT2D eigenvalue weighted by atomic mass is 79.9. The SMILES string of the molecule is CNCc1ccccc1OCC1Cc2cc(Br)ccc2O1. The van der Waals surface area contributed by atoms with Crippen LogP contribution in [-0.4, -0.2) is 19.8 Å². The van der Waals surface area contributed by atoms with Crippen molar-refractivity contribution in [3.05, 3.63) is 58.1 Å². The molecular weight excluding hydrogens is 330 g/mol. The van der Waals surface area contributed by atoms with Gasteiger partial charge in [-0.2, -0.15) is 0 Å². The van der Waals surface area contributed by atoms with E-state index in [0.29, 0.717) is 6.61 Å². The molecule has 0 saturated heterocycles. The summed E-state index contributed by atoms with van der Waals surface area (Å²) in [6, 6.07) is 14.2. The van der Waals surface area contributed by atoms with E-state index in [1.807, 2.05) is 37.4 Å². The number of hydrogen-bond acceptors (Lipinski definition) is 3. The monoisotopic (exact) mass is 347 g/mol. The van der Waals surface area contributed by atoms with Crippen molar-refractivity contribution in [3.63, 3.8) is 0 Å². The second-order valence-electron chi connectivity index (χ2n) is 5.15. The molecule has 2 aromatic rings. The summed E-state index contributed by atoms with van der Waals surface area (Å²) in [5.74, 6) is 1.89. The summed E-state index contributed by atoms with van der Waals surface area (Å²) in [5.41, 5.74) is 2.40. The van der Waals surface area contributed by atoms with E-state index in [0.717, 1.165) is 28.9 Å². The molecule has 2 aromatic carbocycles. The minimum atomic E-state index is 0.0805. The van der Waals surface area contributed by atoms with Gasteiger partial charge in [0.2, 0.25) is 0 Å². The fraction of sp³-hybridized carbons (Fsp3) is 0.294. The Kier molecular flexibility index (Phi) is 4.46. The molecule has 3 nitrogen and oxygen atoms in total. The van der Waals surface area contributed by atoms with E-state index in [-0.39, 0.29) is 6.10 Å². The quantitative estimate of drug-likeness (QED) is 0.897. The largest absolute Gasteiger partial charge is 0.489 e. The molecule has 1 aliphatic rings. The van der Waals surface area contributed by atoms with Crippen molar-refractivity contribution >= 4 is 15.9 Å². The maximum Gasteiger partial charge on any atom is 0.137 e. The molecule has 0 aliphatic carbocycles. The molecule has 21 heavy (non-hydrogen) atoms. The number of benzene rings is 2. The van der Waals surface area contributed by atoms with Gasteiger partial charge < -0.3 is 14.8 Å². The third-order valence-corrected chi connectivity index (χ3v) is 4.02. The third kappa shape index (κ3) is 3.39. The number of hydrogen-bond donors (Lipinski definition) is 1. The molecule has 1 aliphatic heterocycles. The van der Waals surface area contributed by atoms with Gasteiger partial charge in [0, 0.05) is 23.0 Å². The number of halogens is 1. The molecule has 4 heteroatoms. The Labute approximate surface area is 133 Å². The molecule has 0 bridgehead atoms. The second kappa shape index (κ2) is 6.50. The van der Waals surface area contributed by atoms with Crippen LogP contribution in [0.2, 0.25) is 0 Å². The van der Waals surface area contributed by atoms with Crippen LogP contribution in [0.15, 0.2) is 46.9 Å². The van der Waals surface area contributed by atoms with Crippen LogP contribution in [0.3, 0.4) is 0 Å². The molecule has 1 N–H and O–H groups in total. The van der Waals surface area contributed by atoms with Crippen LogP contribution < -0.4 is 14.8 Å². The zero-order valence-corrected chi connectivity index (χ0v) is 13.5. The second-order valence-corrected chi connectivity index (χ2v) is 6.06. The summed E-state index contributed by atoms with van der Waals surface area (Å²) >= 11 is 3.49. The molecule has 3 rings (SSSR count). The van der Waals surface area contributed by atoms with Gasteiger partial charge in [0.1, 0.15) is 24.2 Å². The average Bonchev–Trinajstić information content (AvgIpc) is 2.88. The van der Waals surface area contributed by atoms with Crippen LogP contribution in [0.4, 0.5) is 0 Å². The molecule has 0 radical (unpaired) electrons. The van der Waals surface area contributed by atoms with Crippen molar-refractivity contribution in [2.24, 2.45) is 0 Å². The van der Waals surface area contributed by atoms with Gasteiger partial charge in [-0.15, -0.1) is 0 Å². The predicted octanol–water partition coefficient (Wildman–Crippen LogP) is 3.55. The maximum absolute atomic E-state index is 5.96. The van der Waals surface area contributed by atoms with Crippen LogP contribution >= 0.6 is 15.9 Å². The molecular formula is C17H18BrNO2. The standard InChI is InChI=1S/C17H18BrNO2/c1-19-10-12-4-2-3-5-16(12)20-11-15-9-13-8-14(18)6-7-17(13)21-15/h2-8,15,19H,9-11H2,1H3. The van der Waals surface area contributed by atoms with E-state index in [1.165, 1.54) is 11.1 Å². The van der Waals surface area contributed by atoms with Crippen molar-refractivity contribution in [3.8, 4) is 11.5 Å². The molecule has 1 heterocycles. The van der Waals surface area contributed by atoms with E-state index in [1.54, 1.807) is 0 Å². The van der Waals surface area contributed by atoms with Gasteiger partial charge in [-0.25, -0.2) is 0 Å². The Hall–Kier alpha value is -1.52. The number of rotatable bonds is 5. The van der Waals surface area contributed by atoms with E-state index < -0.39 is 0 Å². The van der Waals surface area contributed by atoms with Crippen LogP contribution in [0, 0.1) is 0 Å². The smallest absolute Gasteiger partial charge is 0.137 e. The van der Waals surface area contributed by atoms with Gasteiger partial charge in [-0.3, -0.25) is 0 Å². The summed E-state index contributed by atoms with van der Waals surface area (Å²) in [7, 11) is 1.94. The van der Waals surface area contributed by atoms with Crippen LogP contribution in [0.25, 0.3) is 0 Å². The first-order valence-corrected chi connectivity index (χ1v) is 7.86. The van der Waals surface area contributed by atoms with E-state index >= 15 is 0 Å². The highest BCUT2D eigenvalue weighted by molar-refractivity contribution is 9.10. The summed E-state index contributed by atoms with van der Waals surface area (Å²) < 4.78 is 13.0. The Morgan fingerprint density at radius 1 is 1.29 bits per heavy atom. The Morgan fingerprint density at radius 2 is 2.14 bits per heavy atom. The molecule has 110 valence electrons. The van der Waals surface area contributed by atoms with Crippen molar-refractivity contribution in [2.45, 2.75) is 19.1 Å². The minimum Gasteiger partial charge on any atom is -0.489 e. The number of para-hydroxylation sites is 1. The summed E-state index contributed by atoms with van der Waals surface area (Å²) in [5, 5.41) is 3.16. The number of nitrogens with one attached hydrogen (secondary N) is 1. The molecule has 0 amide bonds. The van der Waals surface area contributed by atoms with Crippen LogP contribution in [0.1, 0.15) is 11.1 Å². The average molecular weight is 348 g/mol. The van der Waals surface area contributed by atoms with Crippen molar-refractivity contribution in [2.75, 3.05) is 13.7 Å². The first-order valence-electron chi connectivity index (χ1n) is 7.06. The molecule has 0 saturated carbocycles. The summed E-state index contributed by atoms with van der Waals surface area (Å²) in [6.07, 6.45) is 0.972. The summed E-state index contributed by atoms with van der Waals surface area (Å²) in [6.45, 7) is 1.36. The van der Waals surface area contributed by atoms with E-state index in [9.17, 15) is 0 Å². The lowest BCUT2D eigenvalue weighted by Crippen LogP contribution is -2.23. The predicted molar refractivity (Wildman–Crippen MR) is 87.0 cm³/mol. The molecule has 0 spiro atoms. The molecule has 0 aromatic heterocycles. The van der Waals surface area contributed by atoms with Gasteiger partial charge in [-0.1, -0.05) is 34.1 Å². The van der Waals surface area contributed by atoms with E-state index in [4.69, 9.17) is 9.47 Å². The summed E-state index contributed by atoms with van der Waals surface area (Å²) in [4.78, 5) is 0. The van der Waals surface area contributed by atoms with Crippen LogP contribution in [-0.2, 0) is 13.0 Å². The molecule has 1 atom stereocenters. The lowest BCUT2D eigenvalue weighted by molar-refractivity contribution is 0.147. The minimum absolute atomic E-state index is 0.0805. The zero-order chi connectivity index (χ0) is 14.7. The fourth-order valence-corrected chi connectivity index (χ4v) is 2.95. The number of fused-ring (bicyclic) bond motifs is 1. The normalized spacial score (nSPS) is 16.4. The van der Waals surface area contributed by atoms with Gasteiger partial charge in [0.05, 0.1) is 0 Å². The Bertz CT molecular complexity index is 630. The number of ether oxygens (including phenoxy) is 2. The van der Waals surface area contributed by atoms with Gasteiger partial charge in [-0.05, 0) is 36.9 Å². The first kappa shape index (κ1) is 14.4. The van der Waals surface area contributed by atoms with Crippen molar-refractivity contribution in [1.29, 1.82) is 0 Å². The third-order valence-electron chi connectivity index (χ3n) is 3.53. The highest BCUT2D eigenvalue weighted by Crippen LogP contribution is 2.31. The van der Waals surface area contributed by atoms with Crippen LogP contribution in [0.5, 0.6) is 11.5 Å². The molecule has 0 fully saturated rings. The van der Waals surface area contributed by atoms with Gasteiger partial charge in [0.25, 0.3) is 0 Å². The Morgan fingerprint density at radius 3 is 3.00 bits per heavy atom. The lowest BCUT2D eigenvalue weighted by Gasteiger charge is -2.15. The van der Waals surface area contributed by atoms with Crippen molar-refractivity contribution in [1.82, 2.24) is 5.32 Å². The van der Waals surface area contributed by atoms with Gasteiger partial charge >= 0.3 is 0 Å². The topological polar surface area (TPSA) is 30.5 Å².